The predicted molar refractivity (Wildman–Crippen MR) is 123 cm³/mol. The number of carbonyl (C=O) groups is 3. The van der Waals surface area contributed by atoms with Crippen molar-refractivity contribution in [3.63, 3.8) is 0 Å². The first-order valence-electron chi connectivity index (χ1n) is 10.4. The summed E-state index contributed by atoms with van der Waals surface area (Å²) in [5.74, 6) is -1.73. The maximum absolute atomic E-state index is 13.3. The Morgan fingerprint density at radius 2 is 1.73 bits per heavy atom. The van der Waals surface area contributed by atoms with Crippen LogP contribution in [0.5, 0.6) is 0 Å². The highest BCUT2D eigenvalue weighted by molar-refractivity contribution is 6.33. The number of halogens is 2. The van der Waals surface area contributed by atoms with Crippen LogP contribution in [0, 0.1) is 19.7 Å². The number of hydrogen-bond donors (Lipinski definition) is 1. The van der Waals surface area contributed by atoms with Crippen LogP contribution in [0.3, 0.4) is 0 Å². The third kappa shape index (κ3) is 5.49. The van der Waals surface area contributed by atoms with Gasteiger partial charge in [0.15, 0.2) is 5.78 Å². The fraction of sp³-hybridized carbons (Fsp3) is 0.240. The van der Waals surface area contributed by atoms with Crippen molar-refractivity contribution < 1.29 is 23.5 Å². The van der Waals surface area contributed by atoms with E-state index in [1.165, 1.54) is 17.0 Å². The number of esters is 1. The smallest absolute Gasteiger partial charge is 0.355 e. The van der Waals surface area contributed by atoms with E-state index in [1.54, 1.807) is 57.2 Å². The van der Waals surface area contributed by atoms with Gasteiger partial charge in [0.2, 0.25) is 0 Å². The largest absolute Gasteiger partial charge is 0.461 e. The maximum atomic E-state index is 13.3. The molecule has 0 atom stereocenters. The normalized spacial score (nSPS) is 10.7. The third-order valence-electron chi connectivity index (χ3n) is 5.21. The van der Waals surface area contributed by atoms with Gasteiger partial charge in [0.25, 0.3) is 5.91 Å². The van der Waals surface area contributed by atoms with Crippen molar-refractivity contribution >= 4 is 29.3 Å². The monoisotopic (exact) mass is 470 g/mol. The molecule has 1 amide bonds. The number of aromatic amines is 1. The topological polar surface area (TPSA) is 79.5 Å². The Balaban J connectivity index is 1.94. The zero-order valence-electron chi connectivity index (χ0n) is 18.6. The lowest BCUT2D eigenvalue weighted by atomic mass is 10.0. The Bertz CT molecular complexity index is 1190. The van der Waals surface area contributed by atoms with Gasteiger partial charge in [-0.25, -0.2) is 9.18 Å². The zero-order valence-corrected chi connectivity index (χ0v) is 19.3. The molecule has 6 nitrogen and oxygen atoms in total. The molecule has 8 heteroatoms. The number of ether oxygens (including phenoxy) is 1. The number of hydrogen-bond acceptors (Lipinski definition) is 4. The van der Waals surface area contributed by atoms with Crippen molar-refractivity contribution in [2.45, 2.75) is 27.3 Å². The molecule has 1 N–H and O–H groups in total. The first kappa shape index (κ1) is 24.2. The fourth-order valence-corrected chi connectivity index (χ4v) is 3.86. The number of H-pyrrole nitrogens is 1. The van der Waals surface area contributed by atoms with Crippen molar-refractivity contribution in [3.05, 3.63) is 93.0 Å². The lowest BCUT2D eigenvalue weighted by Crippen LogP contribution is -2.35. The molecule has 0 aliphatic rings. The highest BCUT2D eigenvalue weighted by Gasteiger charge is 2.27. The molecule has 1 heterocycles. The number of aromatic nitrogens is 1. The van der Waals surface area contributed by atoms with Gasteiger partial charge in [-0.05, 0) is 56.2 Å². The average Bonchev–Trinajstić information content (AvgIpc) is 3.09. The molecular weight excluding hydrogens is 447 g/mol. The molecule has 3 aromatic rings. The third-order valence-corrected chi connectivity index (χ3v) is 5.54. The number of amides is 1. The van der Waals surface area contributed by atoms with E-state index in [0.717, 1.165) is 0 Å². The molecule has 0 radical (unpaired) electrons. The molecule has 0 unspecified atom stereocenters. The van der Waals surface area contributed by atoms with E-state index < -0.39 is 17.7 Å². The van der Waals surface area contributed by atoms with Gasteiger partial charge in [0.05, 0.1) is 23.7 Å². The minimum Gasteiger partial charge on any atom is -0.461 e. The van der Waals surface area contributed by atoms with Crippen LogP contribution in [0.25, 0.3) is 0 Å². The van der Waals surface area contributed by atoms with Crippen LogP contribution in [-0.4, -0.2) is 40.7 Å². The van der Waals surface area contributed by atoms with Gasteiger partial charge in [-0.1, -0.05) is 35.9 Å². The van der Waals surface area contributed by atoms with Gasteiger partial charge in [-0.15, -0.1) is 0 Å². The minimum absolute atomic E-state index is 0.0727. The molecular formula is C25H24ClFN2O4. The summed E-state index contributed by atoms with van der Waals surface area (Å²) >= 11 is 6.22. The summed E-state index contributed by atoms with van der Waals surface area (Å²) in [6, 6.07) is 12.3. The highest BCUT2D eigenvalue weighted by atomic mass is 35.5. The van der Waals surface area contributed by atoms with E-state index in [-0.39, 0.29) is 41.8 Å². The summed E-state index contributed by atoms with van der Waals surface area (Å²) in [6.07, 6.45) is 0. The number of nitrogens with one attached hydrogen (secondary N) is 1. The molecule has 0 aliphatic carbocycles. The van der Waals surface area contributed by atoms with Gasteiger partial charge in [-0.2, -0.15) is 0 Å². The SMILES string of the molecule is CCOC(=O)c1[nH]c(C)c(C(=O)CN(Cc2ccc(F)cc2)C(=O)c2ccccc2Cl)c1C. The quantitative estimate of drug-likeness (QED) is 0.366. The van der Waals surface area contributed by atoms with Gasteiger partial charge in [0.1, 0.15) is 11.5 Å². The molecule has 33 heavy (non-hydrogen) atoms. The number of aryl methyl sites for hydroxylation is 1. The highest BCUT2D eigenvalue weighted by Crippen LogP contribution is 2.22. The van der Waals surface area contributed by atoms with Gasteiger partial charge < -0.3 is 14.6 Å². The average molecular weight is 471 g/mol. The van der Waals surface area contributed by atoms with E-state index >= 15 is 0 Å². The molecule has 0 saturated heterocycles. The summed E-state index contributed by atoms with van der Waals surface area (Å²) in [5.41, 5.74) is 2.41. The van der Waals surface area contributed by atoms with Crippen molar-refractivity contribution in [1.82, 2.24) is 9.88 Å². The Hall–Kier alpha value is -3.45. The summed E-state index contributed by atoms with van der Waals surface area (Å²) in [7, 11) is 0. The first-order valence-corrected chi connectivity index (χ1v) is 10.8. The molecule has 3 rings (SSSR count). The Labute approximate surface area is 196 Å². The van der Waals surface area contributed by atoms with Gasteiger partial charge in [0, 0.05) is 17.8 Å². The van der Waals surface area contributed by atoms with Crippen LogP contribution in [0.1, 0.15) is 54.9 Å². The van der Waals surface area contributed by atoms with E-state index in [9.17, 15) is 18.8 Å². The van der Waals surface area contributed by atoms with Crippen molar-refractivity contribution in [2.75, 3.05) is 13.2 Å². The van der Waals surface area contributed by atoms with Crippen LogP contribution in [0.4, 0.5) is 4.39 Å². The summed E-state index contributed by atoms with van der Waals surface area (Å²) in [4.78, 5) is 43.1. The van der Waals surface area contributed by atoms with E-state index in [4.69, 9.17) is 16.3 Å². The summed E-state index contributed by atoms with van der Waals surface area (Å²) in [5, 5.41) is 0.262. The fourth-order valence-electron chi connectivity index (χ4n) is 3.64. The van der Waals surface area contributed by atoms with Crippen LogP contribution >= 0.6 is 11.6 Å². The molecule has 2 aromatic carbocycles. The maximum Gasteiger partial charge on any atom is 0.355 e. The summed E-state index contributed by atoms with van der Waals surface area (Å²) in [6.45, 7) is 5.05. The predicted octanol–water partition coefficient (Wildman–Crippen LogP) is 5.13. The van der Waals surface area contributed by atoms with E-state index in [0.29, 0.717) is 22.4 Å². The molecule has 0 spiro atoms. The number of ketones is 1. The Morgan fingerprint density at radius 3 is 2.36 bits per heavy atom. The molecule has 0 saturated carbocycles. The number of benzene rings is 2. The molecule has 0 bridgehead atoms. The van der Waals surface area contributed by atoms with Crippen LogP contribution < -0.4 is 0 Å². The first-order chi connectivity index (χ1) is 15.7. The van der Waals surface area contributed by atoms with E-state index in [2.05, 4.69) is 4.98 Å². The molecule has 1 aromatic heterocycles. The molecule has 0 fully saturated rings. The van der Waals surface area contributed by atoms with Crippen LogP contribution in [-0.2, 0) is 11.3 Å². The van der Waals surface area contributed by atoms with Gasteiger partial charge in [-0.3, -0.25) is 9.59 Å². The second kappa shape index (κ2) is 10.4. The van der Waals surface area contributed by atoms with Crippen molar-refractivity contribution in [1.29, 1.82) is 0 Å². The summed E-state index contributed by atoms with van der Waals surface area (Å²) < 4.78 is 18.4. The zero-order chi connectivity index (χ0) is 24.1. The Kier molecular flexibility index (Phi) is 7.66. The van der Waals surface area contributed by atoms with Gasteiger partial charge >= 0.3 is 5.97 Å². The standard InChI is InChI=1S/C25H24ClFN2O4/c1-4-33-25(32)23-15(2)22(16(3)28-23)21(30)14-29(13-17-9-11-18(27)12-10-17)24(31)19-7-5-6-8-20(19)26/h5-12,28H,4,13-14H2,1-3H3. The number of carbonyl (C=O) groups excluding carboxylic acids is 3. The lowest BCUT2D eigenvalue weighted by Gasteiger charge is -2.23. The van der Waals surface area contributed by atoms with Crippen molar-refractivity contribution in [3.8, 4) is 0 Å². The van der Waals surface area contributed by atoms with E-state index in [1.807, 2.05) is 0 Å². The number of Topliss-reactive ketones (excluding diaryl/α,β-unsaturated/α-hetero) is 1. The lowest BCUT2D eigenvalue weighted by molar-refractivity contribution is 0.0519. The molecule has 172 valence electrons. The molecule has 0 aliphatic heterocycles. The van der Waals surface area contributed by atoms with Crippen molar-refractivity contribution in [2.24, 2.45) is 0 Å². The number of rotatable bonds is 8. The van der Waals surface area contributed by atoms with Crippen LogP contribution in [0.15, 0.2) is 48.5 Å². The second-order valence-electron chi connectivity index (χ2n) is 7.54. The number of nitrogens with zero attached hydrogens (tertiary/aromatic N) is 1. The van der Waals surface area contributed by atoms with Crippen LogP contribution in [0.2, 0.25) is 5.02 Å². The minimum atomic E-state index is -0.549. The second-order valence-corrected chi connectivity index (χ2v) is 7.94. The Morgan fingerprint density at radius 1 is 1.06 bits per heavy atom.